The van der Waals surface area contributed by atoms with Crippen LogP contribution < -0.4 is 5.73 Å². The highest BCUT2D eigenvalue weighted by molar-refractivity contribution is 5.85. The van der Waals surface area contributed by atoms with Gasteiger partial charge in [0.15, 0.2) is 0 Å². The van der Waals surface area contributed by atoms with E-state index in [1.165, 1.54) is 0 Å². The number of likely N-dealkylation sites (tertiary alicyclic amines) is 1. The molecule has 4 heteroatoms. The van der Waals surface area contributed by atoms with E-state index in [2.05, 4.69) is 13.8 Å². The Morgan fingerprint density at radius 3 is 2.71 bits per heavy atom. The molecule has 1 rings (SSSR count). The molecule has 0 aromatic rings. The zero-order chi connectivity index (χ0) is 13.1. The van der Waals surface area contributed by atoms with Crippen LogP contribution in [0.5, 0.6) is 0 Å². The molecule has 0 aromatic heterocycles. The van der Waals surface area contributed by atoms with Gasteiger partial charge in [-0.2, -0.15) is 0 Å². The lowest BCUT2D eigenvalue weighted by atomic mass is 10.1. The molecule has 1 amide bonds. The van der Waals surface area contributed by atoms with Gasteiger partial charge in [-0.25, -0.2) is 0 Å². The van der Waals surface area contributed by atoms with Crippen molar-refractivity contribution < 1.29 is 9.53 Å². The first-order valence-corrected chi connectivity index (χ1v) is 6.50. The summed E-state index contributed by atoms with van der Waals surface area (Å²) < 4.78 is 5.77. The molecule has 1 saturated heterocycles. The number of carbonyl (C=O) groups excluding carboxylic acids is 1. The average molecular weight is 242 g/mol. The van der Waals surface area contributed by atoms with Crippen molar-refractivity contribution in [2.45, 2.75) is 52.2 Å². The minimum absolute atomic E-state index is 0.0208. The maximum Gasteiger partial charge on any atom is 0.242 e. The summed E-state index contributed by atoms with van der Waals surface area (Å²) in [4.78, 5) is 13.8. The Kier molecular flexibility index (Phi) is 4.95. The highest BCUT2D eigenvalue weighted by Crippen LogP contribution is 2.17. The summed E-state index contributed by atoms with van der Waals surface area (Å²) in [5.74, 6) is 0.685. The number of ether oxygens (including phenoxy) is 1. The Balaban J connectivity index is 2.30. The van der Waals surface area contributed by atoms with Crippen LogP contribution in [-0.2, 0) is 9.53 Å². The molecule has 0 aliphatic carbocycles. The second-order valence-corrected chi connectivity index (χ2v) is 5.94. The summed E-state index contributed by atoms with van der Waals surface area (Å²) in [7, 11) is 0. The van der Waals surface area contributed by atoms with Crippen molar-refractivity contribution >= 4 is 5.91 Å². The van der Waals surface area contributed by atoms with Crippen LogP contribution in [0.25, 0.3) is 0 Å². The number of nitrogens with zero attached hydrogens (tertiary/aromatic N) is 1. The predicted octanol–water partition coefficient (Wildman–Crippen LogP) is 1.39. The molecule has 1 atom stereocenters. The standard InChI is InChI=1S/C13H26N2O2/c1-10(2)6-8-17-11-5-7-15(9-11)12(16)13(3,4)14/h10-11H,5-9,14H2,1-4H3. The summed E-state index contributed by atoms with van der Waals surface area (Å²) in [6.45, 7) is 10.1. The lowest BCUT2D eigenvalue weighted by molar-refractivity contribution is -0.135. The third-order valence-electron chi connectivity index (χ3n) is 3.03. The maximum absolute atomic E-state index is 11.9. The molecule has 1 fully saturated rings. The van der Waals surface area contributed by atoms with Crippen LogP contribution >= 0.6 is 0 Å². The zero-order valence-corrected chi connectivity index (χ0v) is 11.5. The largest absolute Gasteiger partial charge is 0.376 e. The van der Waals surface area contributed by atoms with Crippen molar-refractivity contribution in [2.75, 3.05) is 19.7 Å². The van der Waals surface area contributed by atoms with E-state index in [-0.39, 0.29) is 12.0 Å². The molecule has 1 unspecified atom stereocenters. The van der Waals surface area contributed by atoms with E-state index in [0.717, 1.165) is 26.0 Å². The van der Waals surface area contributed by atoms with Gasteiger partial charge in [-0.15, -0.1) is 0 Å². The van der Waals surface area contributed by atoms with E-state index < -0.39 is 5.54 Å². The molecule has 2 N–H and O–H groups in total. The Morgan fingerprint density at radius 2 is 2.18 bits per heavy atom. The number of rotatable bonds is 5. The van der Waals surface area contributed by atoms with Crippen LogP contribution in [0.15, 0.2) is 0 Å². The van der Waals surface area contributed by atoms with E-state index in [4.69, 9.17) is 10.5 Å². The number of hydrogen-bond acceptors (Lipinski definition) is 3. The predicted molar refractivity (Wildman–Crippen MR) is 68.7 cm³/mol. The third-order valence-corrected chi connectivity index (χ3v) is 3.03. The van der Waals surface area contributed by atoms with Gasteiger partial charge in [0, 0.05) is 19.7 Å². The Bertz CT molecular complexity index is 259. The maximum atomic E-state index is 11.9. The second kappa shape index (κ2) is 5.83. The van der Waals surface area contributed by atoms with Crippen molar-refractivity contribution in [2.24, 2.45) is 11.7 Å². The molecule has 0 radical (unpaired) electrons. The lowest BCUT2D eigenvalue weighted by Crippen LogP contribution is -2.50. The quantitative estimate of drug-likeness (QED) is 0.792. The fourth-order valence-corrected chi connectivity index (χ4v) is 1.93. The molecule has 1 aliphatic rings. The van der Waals surface area contributed by atoms with Crippen molar-refractivity contribution in [3.8, 4) is 0 Å². The summed E-state index contributed by atoms with van der Waals surface area (Å²) in [5.41, 5.74) is 5.04. The van der Waals surface area contributed by atoms with Crippen molar-refractivity contribution in [1.82, 2.24) is 4.90 Å². The summed E-state index contributed by atoms with van der Waals surface area (Å²) in [6.07, 6.45) is 2.20. The molecular formula is C13H26N2O2. The van der Waals surface area contributed by atoms with Gasteiger partial charge in [0.2, 0.25) is 5.91 Å². The fraction of sp³-hybridized carbons (Fsp3) is 0.923. The van der Waals surface area contributed by atoms with E-state index in [9.17, 15) is 4.79 Å². The van der Waals surface area contributed by atoms with Gasteiger partial charge in [0.1, 0.15) is 0 Å². The van der Waals surface area contributed by atoms with Gasteiger partial charge < -0.3 is 15.4 Å². The Labute approximate surface area is 104 Å². The van der Waals surface area contributed by atoms with Gasteiger partial charge >= 0.3 is 0 Å². The highest BCUT2D eigenvalue weighted by Gasteiger charge is 2.33. The summed E-state index contributed by atoms with van der Waals surface area (Å²) >= 11 is 0. The first kappa shape index (κ1) is 14.5. The molecule has 4 nitrogen and oxygen atoms in total. The summed E-state index contributed by atoms with van der Waals surface area (Å²) in [6, 6.07) is 0. The van der Waals surface area contributed by atoms with Crippen molar-refractivity contribution in [1.29, 1.82) is 0 Å². The monoisotopic (exact) mass is 242 g/mol. The molecule has 1 heterocycles. The molecular weight excluding hydrogens is 216 g/mol. The van der Waals surface area contributed by atoms with Crippen LogP contribution in [0.4, 0.5) is 0 Å². The Hall–Kier alpha value is -0.610. The minimum Gasteiger partial charge on any atom is -0.376 e. The first-order chi connectivity index (χ1) is 7.80. The van der Waals surface area contributed by atoms with Crippen LogP contribution in [-0.4, -0.2) is 42.1 Å². The number of hydrogen-bond donors (Lipinski definition) is 1. The molecule has 0 spiro atoms. The molecule has 100 valence electrons. The van der Waals surface area contributed by atoms with Gasteiger partial charge in [-0.05, 0) is 32.6 Å². The fourth-order valence-electron chi connectivity index (χ4n) is 1.93. The molecule has 17 heavy (non-hydrogen) atoms. The molecule has 1 aliphatic heterocycles. The first-order valence-electron chi connectivity index (χ1n) is 6.50. The number of carbonyl (C=O) groups is 1. The third kappa shape index (κ3) is 4.64. The van der Waals surface area contributed by atoms with Crippen LogP contribution in [0.3, 0.4) is 0 Å². The zero-order valence-electron chi connectivity index (χ0n) is 11.5. The van der Waals surface area contributed by atoms with Gasteiger partial charge in [-0.1, -0.05) is 13.8 Å². The second-order valence-electron chi connectivity index (χ2n) is 5.94. The van der Waals surface area contributed by atoms with Gasteiger partial charge in [-0.3, -0.25) is 4.79 Å². The van der Waals surface area contributed by atoms with Crippen LogP contribution in [0.2, 0.25) is 0 Å². The lowest BCUT2D eigenvalue weighted by Gasteiger charge is -2.25. The SMILES string of the molecule is CC(C)CCOC1CCN(C(=O)C(C)(C)N)C1. The van der Waals surface area contributed by atoms with Gasteiger partial charge in [0.25, 0.3) is 0 Å². The number of amides is 1. The summed E-state index contributed by atoms with van der Waals surface area (Å²) in [5, 5.41) is 0. The minimum atomic E-state index is -0.771. The van der Waals surface area contributed by atoms with Gasteiger partial charge in [0.05, 0.1) is 11.6 Å². The van der Waals surface area contributed by atoms with E-state index in [1.54, 1.807) is 13.8 Å². The molecule has 0 bridgehead atoms. The van der Waals surface area contributed by atoms with E-state index in [1.807, 2.05) is 4.90 Å². The van der Waals surface area contributed by atoms with E-state index >= 15 is 0 Å². The van der Waals surface area contributed by atoms with E-state index in [0.29, 0.717) is 12.5 Å². The molecule has 0 aromatic carbocycles. The highest BCUT2D eigenvalue weighted by atomic mass is 16.5. The normalized spacial score (nSPS) is 21.3. The number of nitrogens with two attached hydrogens (primary N) is 1. The smallest absolute Gasteiger partial charge is 0.242 e. The average Bonchev–Trinajstić information content (AvgIpc) is 2.63. The Morgan fingerprint density at radius 1 is 1.53 bits per heavy atom. The van der Waals surface area contributed by atoms with Crippen LogP contribution in [0, 0.1) is 5.92 Å². The molecule has 0 saturated carbocycles. The van der Waals surface area contributed by atoms with Crippen molar-refractivity contribution in [3.05, 3.63) is 0 Å². The van der Waals surface area contributed by atoms with Crippen LogP contribution in [0.1, 0.15) is 40.5 Å². The topological polar surface area (TPSA) is 55.6 Å². The van der Waals surface area contributed by atoms with Crippen molar-refractivity contribution in [3.63, 3.8) is 0 Å².